The fourth-order valence-corrected chi connectivity index (χ4v) is 5.02. The van der Waals surface area contributed by atoms with Crippen LogP contribution in [-0.2, 0) is 0 Å². The van der Waals surface area contributed by atoms with E-state index in [0.717, 1.165) is 30.6 Å². The lowest BCUT2D eigenvalue weighted by atomic mass is 9.88. The molecular weight excluding hydrogens is 232 g/mol. The molecule has 0 aromatic rings. The minimum atomic E-state index is 0.814. The summed E-state index contributed by atoms with van der Waals surface area (Å²) in [4.78, 5) is 2.94. The molecule has 0 bridgehead atoms. The molecule has 1 heterocycles. The minimum absolute atomic E-state index is 0.814. The van der Waals surface area contributed by atoms with Gasteiger partial charge in [0.05, 0.1) is 0 Å². The van der Waals surface area contributed by atoms with E-state index in [9.17, 15) is 0 Å². The molecule has 0 aromatic carbocycles. The molecule has 1 saturated heterocycles. The molecule has 0 spiro atoms. The van der Waals surface area contributed by atoms with Crippen LogP contribution in [0.1, 0.15) is 71.1 Å². The lowest BCUT2D eigenvalue weighted by molar-refractivity contribution is 0.100. The smallest absolute Gasteiger partial charge is 0.0127 e. The van der Waals surface area contributed by atoms with Gasteiger partial charge in [-0.15, -0.1) is 0 Å². The van der Waals surface area contributed by atoms with E-state index >= 15 is 0 Å². The Hall–Kier alpha value is -0.0800. The highest BCUT2D eigenvalue weighted by atomic mass is 15.2. The SMILES string of the molecule is CCNC1CCC(N2CCCC2C2CCCC2)CC1. The second kappa shape index (κ2) is 6.58. The molecule has 2 nitrogen and oxygen atoms in total. The highest BCUT2D eigenvalue weighted by Crippen LogP contribution is 2.38. The normalized spacial score (nSPS) is 38.1. The number of rotatable bonds is 4. The number of hydrogen-bond acceptors (Lipinski definition) is 2. The van der Waals surface area contributed by atoms with Crippen LogP contribution in [0.15, 0.2) is 0 Å². The molecule has 0 radical (unpaired) electrons. The van der Waals surface area contributed by atoms with E-state index in [1.54, 1.807) is 0 Å². The summed E-state index contributed by atoms with van der Waals surface area (Å²) in [6.45, 7) is 4.78. The van der Waals surface area contributed by atoms with Gasteiger partial charge in [-0.25, -0.2) is 0 Å². The predicted octanol–water partition coefficient (Wildman–Crippen LogP) is 3.56. The Kier molecular flexibility index (Phi) is 4.81. The molecule has 110 valence electrons. The van der Waals surface area contributed by atoms with Gasteiger partial charge in [-0.05, 0) is 70.4 Å². The zero-order valence-electron chi connectivity index (χ0n) is 12.7. The Balaban J connectivity index is 1.53. The van der Waals surface area contributed by atoms with Crippen LogP contribution in [0, 0.1) is 5.92 Å². The summed E-state index contributed by atoms with van der Waals surface area (Å²) < 4.78 is 0. The van der Waals surface area contributed by atoms with Gasteiger partial charge in [0, 0.05) is 18.1 Å². The summed E-state index contributed by atoms with van der Waals surface area (Å²) in [5, 5.41) is 3.64. The molecule has 3 aliphatic rings. The second-order valence-corrected chi connectivity index (χ2v) is 7.06. The molecule has 3 fully saturated rings. The van der Waals surface area contributed by atoms with Crippen molar-refractivity contribution in [2.45, 2.75) is 89.3 Å². The molecule has 19 heavy (non-hydrogen) atoms. The zero-order chi connectivity index (χ0) is 13.1. The van der Waals surface area contributed by atoms with E-state index in [0.29, 0.717) is 0 Å². The monoisotopic (exact) mass is 264 g/mol. The Morgan fingerprint density at radius 3 is 2.32 bits per heavy atom. The molecule has 2 aliphatic carbocycles. The molecule has 1 unspecified atom stereocenters. The van der Waals surface area contributed by atoms with Crippen molar-refractivity contribution in [1.29, 1.82) is 0 Å². The molecular formula is C17H32N2. The third-order valence-electron chi connectivity index (χ3n) is 5.94. The summed E-state index contributed by atoms with van der Waals surface area (Å²) in [6, 6.07) is 2.69. The van der Waals surface area contributed by atoms with Crippen molar-refractivity contribution in [1.82, 2.24) is 10.2 Å². The van der Waals surface area contributed by atoms with Crippen molar-refractivity contribution < 1.29 is 0 Å². The van der Waals surface area contributed by atoms with Gasteiger partial charge in [0.15, 0.2) is 0 Å². The number of nitrogens with one attached hydrogen (secondary N) is 1. The average molecular weight is 264 g/mol. The third kappa shape index (κ3) is 3.16. The minimum Gasteiger partial charge on any atom is -0.314 e. The topological polar surface area (TPSA) is 15.3 Å². The first-order valence-corrected chi connectivity index (χ1v) is 8.87. The van der Waals surface area contributed by atoms with Crippen molar-refractivity contribution in [2.24, 2.45) is 5.92 Å². The van der Waals surface area contributed by atoms with E-state index in [-0.39, 0.29) is 0 Å². The Labute approximate surface area is 119 Å². The molecule has 2 saturated carbocycles. The fraction of sp³-hybridized carbons (Fsp3) is 1.00. The maximum Gasteiger partial charge on any atom is 0.0127 e. The van der Waals surface area contributed by atoms with Crippen LogP contribution in [0.25, 0.3) is 0 Å². The first-order chi connectivity index (χ1) is 9.38. The fourth-order valence-electron chi connectivity index (χ4n) is 5.02. The van der Waals surface area contributed by atoms with E-state index in [1.807, 2.05) is 0 Å². The predicted molar refractivity (Wildman–Crippen MR) is 81.4 cm³/mol. The van der Waals surface area contributed by atoms with E-state index in [1.165, 1.54) is 70.8 Å². The van der Waals surface area contributed by atoms with Crippen molar-refractivity contribution in [3.8, 4) is 0 Å². The molecule has 2 heteroatoms. The van der Waals surface area contributed by atoms with Gasteiger partial charge in [0.25, 0.3) is 0 Å². The molecule has 0 amide bonds. The third-order valence-corrected chi connectivity index (χ3v) is 5.94. The maximum atomic E-state index is 3.64. The van der Waals surface area contributed by atoms with Crippen LogP contribution in [0.5, 0.6) is 0 Å². The molecule has 1 aliphatic heterocycles. The van der Waals surface area contributed by atoms with Crippen molar-refractivity contribution in [2.75, 3.05) is 13.1 Å². The van der Waals surface area contributed by atoms with Crippen molar-refractivity contribution in [3.05, 3.63) is 0 Å². The first-order valence-electron chi connectivity index (χ1n) is 8.87. The van der Waals surface area contributed by atoms with Crippen molar-refractivity contribution >= 4 is 0 Å². The number of nitrogens with zero attached hydrogens (tertiary/aromatic N) is 1. The van der Waals surface area contributed by atoms with E-state index in [2.05, 4.69) is 17.1 Å². The highest BCUT2D eigenvalue weighted by molar-refractivity contribution is 4.93. The van der Waals surface area contributed by atoms with Gasteiger partial charge in [-0.1, -0.05) is 19.8 Å². The van der Waals surface area contributed by atoms with Crippen LogP contribution in [0.4, 0.5) is 0 Å². The number of hydrogen-bond donors (Lipinski definition) is 1. The quantitative estimate of drug-likeness (QED) is 0.835. The summed E-state index contributed by atoms with van der Waals surface area (Å²) in [7, 11) is 0. The Bertz CT molecular complexity index is 264. The standard InChI is InChI=1S/C17H32N2/c1-2-18-15-9-11-16(12-10-15)19-13-5-8-17(19)14-6-3-4-7-14/h14-18H,2-13H2,1H3. The molecule has 1 atom stereocenters. The van der Waals surface area contributed by atoms with Gasteiger partial charge < -0.3 is 5.32 Å². The van der Waals surface area contributed by atoms with Crippen LogP contribution >= 0.6 is 0 Å². The van der Waals surface area contributed by atoms with Crippen molar-refractivity contribution in [3.63, 3.8) is 0 Å². The lowest BCUT2D eigenvalue weighted by Gasteiger charge is -2.40. The van der Waals surface area contributed by atoms with Gasteiger partial charge in [-0.3, -0.25) is 4.90 Å². The molecule has 3 rings (SSSR count). The van der Waals surface area contributed by atoms with Gasteiger partial charge in [0.1, 0.15) is 0 Å². The van der Waals surface area contributed by atoms with E-state index < -0.39 is 0 Å². The maximum absolute atomic E-state index is 3.64. The van der Waals surface area contributed by atoms with E-state index in [4.69, 9.17) is 0 Å². The summed E-state index contributed by atoms with van der Waals surface area (Å²) in [5.74, 6) is 1.05. The summed E-state index contributed by atoms with van der Waals surface area (Å²) in [6.07, 6.45) is 14.7. The van der Waals surface area contributed by atoms with Crippen LogP contribution in [0.2, 0.25) is 0 Å². The van der Waals surface area contributed by atoms with Crippen LogP contribution in [0.3, 0.4) is 0 Å². The van der Waals surface area contributed by atoms with Gasteiger partial charge >= 0.3 is 0 Å². The summed E-state index contributed by atoms with van der Waals surface area (Å²) >= 11 is 0. The number of likely N-dealkylation sites (tertiary alicyclic amines) is 1. The van der Waals surface area contributed by atoms with Gasteiger partial charge in [-0.2, -0.15) is 0 Å². The lowest BCUT2D eigenvalue weighted by Crippen LogP contribution is -2.46. The van der Waals surface area contributed by atoms with Crippen LogP contribution in [-0.4, -0.2) is 36.1 Å². The molecule has 1 N–H and O–H groups in total. The largest absolute Gasteiger partial charge is 0.314 e. The Morgan fingerprint density at radius 2 is 1.63 bits per heavy atom. The van der Waals surface area contributed by atoms with Crippen LogP contribution < -0.4 is 5.32 Å². The Morgan fingerprint density at radius 1 is 0.895 bits per heavy atom. The average Bonchev–Trinajstić information content (AvgIpc) is 3.11. The summed E-state index contributed by atoms with van der Waals surface area (Å²) in [5.41, 5.74) is 0. The second-order valence-electron chi connectivity index (χ2n) is 7.06. The van der Waals surface area contributed by atoms with Gasteiger partial charge in [0.2, 0.25) is 0 Å². The molecule has 0 aromatic heterocycles. The highest BCUT2D eigenvalue weighted by Gasteiger charge is 2.37. The zero-order valence-corrected chi connectivity index (χ0v) is 12.7. The first kappa shape index (κ1) is 13.9.